The Kier molecular flexibility index (Phi) is 33.9. The molecule has 2 fully saturated rings. The number of nitrogens with zero attached hydrogens (tertiary/aromatic N) is 3. The number of primary amides is 3. The number of guanidine groups is 1. The fourth-order valence-corrected chi connectivity index (χ4v) is 11.5. The topological polar surface area (TPSA) is 519 Å². The van der Waals surface area contributed by atoms with Gasteiger partial charge in [0.2, 0.25) is 76.8 Å². The molecule has 0 saturated carbocycles. The smallest absolute Gasteiger partial charge is 0.245 e. The fourth-order valence-electron chi connectivity index (χ4n) is 11.0. The Morgan fingerprint density at radius 1 is 0.537 bits per heavy atom. The van der Waals surface area contributed by atoms with E-state index in [2.05, 4.69) is 47.5 Å². The SMILES string of the molecule is CSCC[C@H](NC(=O)[C@H](CC(C)C)NC(=O)CNC(=O)[C@@H](Cc1ccccc1)NC(=O)[C@@H](Cc1ccccc1)NC(=O)[C@H](CCC(N)=O)NC(=O)[C@@H](CCC(N)=O)NC(=O)[C@@H]1CCCN1C(=O)[C@H](CCCCN)NC(=O)[C@H]1CCCN1C(=O)[C@H](N)CCCN=C(N)N)C(N)=O. The van der Waals surface area contributed by atoms with Gasteiger partial charge in [-0.05, 0) is 119 Å². The first kappa shape index (κ1) is 78.5. The summed E-state index contributed by atoms with van der Waals surface area (Å²) in [7, 11) is 0. The number of thioether (sulfide) groups is 1. The summed E-state index contributed by atoms with van der Waals surface area (Å²) in [4.78, 5) is 185. The molecule has 2 aromatic rings. The fraction of sp³-hybridized carbons (Fsp3) is 0.587. The molecule has 0 aromatic heterocycles. The van der Waals surface area contributed by atoms with Crippen LogP contribution in [-0.2, 0) is 75.2 Å². The number of unbranched alkanes of at least 4 members (excludes halogenated alkanes) is 1. The molecule has 2 aromatic carbocycles. The summed E-state index contributed by atoms with van der Waals surface area (Å²) in [5.74, 6) is -9.80. The summed E-state index contributed by atoms with van der Waals surface area (Å²) in [6.45, 7) is 3.86. The van der Waals surface area contributed by atoms with Gasteiger partial charge in [0.1, 0.15) is 54.4 Å². The summed E-state index contributed by atoms with van der Waals surface area (Å²) >= 11 is 1.45. The van der Waals surface area contributed by atoms with E-state index in [-0.39, 0.29) is 83.0 Å². The van der Waals surface area contributed by atoms with E-state index in [9.17, 15) is 62.3 Å². The van der Waals surface area contributed by atoms with Gasteiger partial charge in [-0.3, -0.25) is 67.3 Å². The van der Waals surface area contributed by atoms with Gasteiger partial charge in [0.15, 0.2) is 5.96 Å². The van der Waals surface area contributed by atoms with Crippen molar-refractivity contribution in [2.24, 2.45) is 51.0 Å². The third-order valence-corrected chi connectivity index (χ3v) is 16.7. The molecule has 32 heteroatoms. The maximum Gasteiger partial charge on any atom is 0.245 e. The van der Waals surface area contributed by atoms with Gasteiger partial charge >= 0.3 is 0 Å². The number of carbonyl (C=O) groups excluding carboxylic acids is 13. The normalized spacial score (nSPS) is 16.8. The second-order valence-corrected chi connectivity index (χ2v) is 25.1. The molecule has 2 aliphatic rings. The minimum absolute atomic E-state index is 0.0736. The van der Waals surface area contributed by atoms with Crippen LogP contribution in [0, 0.1) is 5.92 Å². The van der Waals surface area contributed by atoms with E-state index in [1.165, 1.54) is 21.6 Å². The summed E-state index contributed by atoms with van der Waals surface area (Å²) in [6.07, 6.45) is 3.12. The van der Waals surface area contributed by atoms with Gasteiger partial charge in [-0.1, -0.05) is 74.5 Å². The zero-order valence-corrected chi connectivity index (χ0v) is 55.3. The summed E-state index contributed by atoms with van der Waals surface area (Å²) < 4.78 is 0. The first-order valence-electron chi connectivity index (χ1n) is 32.2. The molecule has 0 spiro atoms. The Bertz CT molecular complexity index is 2960. The molecular weight excluding hydrogens is 1250 g/mol. The van der Waals surface area contributed by atoms with Crippen LogP contribution in [0.3, 0.4) is 0 Å². The third-order valence-electron chi connectivity index (χ3n) is 16.0. The van der Waals surface area contributed by atoms with E-state index >= 15 is 0 Å². The number of nitrogens with two attached hydrogens (primary N) is 7. The van der Waals surface area contributed by atoms with Crippen molar-refractivity contribution in [2.45, 2.75) is 183 Å². The van der Waals surface area contributed by atoms with Crippen LogP contribution in [0.1, 0.15) is 121 Å². The van der Waals surface area contributed by atoms with Crippen molar-refractivity contribution >= 4 is 94.5 Å². The Labute approximate surface area is 558 Å². The number of benzene rings is 2. The second kappa shape index (κ2) is 41.0. The van der Waals surface area contributed by atoms with Gasteiger partial charge in [-0.25, -0.2) is 0 Å². The Balaban J connectivity index is 1.56. The molecule has 2 saturated heterocycles. The van der Waals surface area contributed by atoms with E-state index in [1.54, 1.807) is 60.7 Å². The van der Waals surface area contributed by atoms with Crippen LogP contribution < -0.4 is 82.7 Å². The van der Waals surface area contributed by atoms with Crippen LogP contribution >= 0.6 is 11.8 Å². The average Bonchev–Trinajstić information content (AvgIpc) is 1.74. The third kappa shape index (κ3) is 27.5. The highest BCUT2D eigenvalue weighted by atomic mass is 32.2. The molecule has 95 heavy (non-hydrogen) atoms. The average molecular weight is 1350 g/mol. The molecule has 524 valence electrons. The lowest BCUT2D eigenvalue weighted by Crippen LogP contribution is -2.60. The van der Waals surface area contributed by atoms with E-state index in [1.807, 2.05) is 20.1 Å². The minimum Gasteiger partial charge on any atom is -0.370 e. The van der Waals surface area contributed by atoms with Gasteiger partial charge < -0.3 is 92.5 Å². The van der Waals surface area contributed by atoms with Crippen molar-refractivity contribution in [3.8, 4) is 0 Å². The molecule has 22 N–H and O–H groups in total. The first-order chi connectivity index (χ1) is 45.2. The monoisotopic (exact) mass is 1350 g/mol. The second-order valence-electron chi connectivity index (χ2n) is 24.1. The quantitative estimate of drug-likeness (QED) is 0.0173. The van der Waals surface area contributed by atoms with Crippen LogP contribution in [0.25, 0.3) is 0 Å². The number of hydrogen-bond donors (Lipinski definition) is 15. The lowest BCUT2D eigenvalue weighted by atomic mass is 10.0. The first-order valence-corrected chi connectivity index (χ1v) is 33.6. The highest BCUT2D eigenvalue weighted by Crippen LogP contribution is 2.24. The number of nitrogens with one attached hydrogen (secondary N) is 8. The van der Waals surface area contributed by atoms with E-state index in [0.29, 0.717) is 55.4 Å². The molecule has 31 nitrogen and oxygen atoms in total. The number of hydrogen-bond acceptors (Lipinski definition) is 17. The lowest BCUT2D eigenvalue weighted by molar-refractivity contribution is -0.144. The van der Waals surface area contributed by atoms with Gasteiger partial charge in [0.05, 0.1) is 12.6 Å². The lowest BCUT2D eigenvalue weighted by Gasteiger charge is -2.32. The van der Waals surface area contributed by atoms with Crippen molar-refractivity contribution in [1.29, 1.82) is 0 Å². The standard InChI is InChI=1S/C63H98N18O13S/c1-37(2)33-45(57(89)74-41(53(68)85)27-32-95-3)73-52(84)36-72-54(86)46(34-38-15-6-4-7-16-38)78-58(90)47(35-39-17-8-5-9-18-39)79-56(88)42(23-25-50(66)82)75-55(87)43(24-26-51(67)83)76-59(91)49-22-14-31-81(49)62(94)44(20-10-11-28-64)77-60(92)48-21-13-30-80(48)61(93)40(65)19-12-29-71-63(69)70/h4-9,15-18,37,40-49H,10-14,19-36,64-65H2,1-3H3,(H2,66,82)(H2,67,83)(H2,68,85)(H,72,86)(H,73,84)(H,74,89)(H,75,87)(H,76,91)(H,77,92)(H,78,90)(H,79,88)(H4,69,70,71)/t40-,41+,42+,43-,44+,45+,46-,47-,48-,49+/m1/s1. The van der Waals surface area contributed by atoms with Crippen molar-refractivity contribution in [1.82, 2.24) is 52.3 Å². The van der Waals surface area contributed by atoms with E-state index in [4.69, 9.17) is 40.1 Å². The Hall–Kier alpha value is -8.91. The molecule has 0 aliphatic carbocycles. The van der Waals surface area contributed by atoms with Gasteiger partial charge in [0.25, 0.3) is 0 Å². The molecule has 2 aliphatic heterocycles. The maximum atomic E-state index is 14.7. The van der Waals surface area contributed by atoms with Gasteiger partial charge in [0, 0.05) is 45.3 Å². The number of amides is 13. The number of carbonyl (C=O) groups is 13. The summed E-state index contributed by atoms with van der Waals surface area (Å²) in [5.41, 5.74) is 40.6. The van der Waals surface area contributed by atoms with Crippen molar-refractivity contribution in [2.75, 3.05) is 44.7 Å². The predicted molar refractivity (Wildman–Crippen MR) is 356 cm³/mol. The number of rotatable bonds is 42. The molecule has 0 radical (unpaired) electrons. The largest absolute Gasteiger partial charge is 0.370 e. The maximum absolute atomic E-state index is 14.7. The van der Waals surface area contributed by atoms with Gasteiger partial charge in [-0.2, -0.15) is 11.8 Å². The molecular formula is C63H98N18O13S. The Morgan fingerprint density at radius 2 is 1.01 bits per heavy atom. The highest BCUT2D eigenvalue weighted by Gasteiger charge is 2.42. The van der Waals surface area contributed by atoms with Crippen LogP contribution in [0.2, 0.25) is 0 Å². The van der Waals surface area contributed by atoms with Crippen LogP contribution in [0.15, 0.2) is 65.7 Å². The van der Waals surface area contributed by atoms with Crippen molar-refractivity contribution < 1.29 is 62.3 Å². The van der Waals surface area contributed by atoms with Crippen LogP contribution in [0.5, 0.6) is 0 Å². The minimum atomic E-state index is -1.64. The van der Waals surface area contributed by atoms with Crippen molar-refractivity contribution in [3.05, 3.63) is 71.8 Å². The molecule has 4 rings (SSSR count). The predicted octanol–water partition coefficient (Wildman–Crippen LogP) is -3.71. The molecule has 0 unspecified atom stereocenters. The van der Waals surface area contributed by atoms with Crippen LogP contribution in [0.4, 0.5) is 0 Å². The number of aliphatic imine (C=N–C) groups is 1. The Morgan fingerprint density at radius 3 is 1.51 bits per heavy atom. The zero-order chi connectivity index (χ0) is 70.1. The molecule has 13 amide bonds. The van der Waals surface area contributed by atoms with Crippen LogP contribution in [-0.4, -0.2) is 198 Å². The molecule has 10 atom stereocenters. The van der Waals surface area contributed by atoms with Crippen molar-refractivity contribution in [3.63, 3.8) is 0 Å². The summed E-state index contributed by atoms with van der Waals surface area (Å²) in [5, 5.41) is 21.1. The molecule has 0 bridgehead atoms. The molecule has 2 heterocycles. The van der Waals surface area contributed by atoms with E-state index < -0.39 is 169 Å². The highest BCUT2D eigenvalue weighted by molar-refractivity contribution is 7.98. The van der Waals surface area contributed by atoms with Gasteiger partial charge in [-0.15, -0.1) is 0 Å². The summed E-state index contributed by atoms with van der Waals surface area (Å²) in [6, 6.07) is 4.51. The van der Waals surface area contributed by atoms with E-state index in [0.717, 1.165) is 0 Å². The number of likely N-dealkylation sites (tertiary alicyclic amines) is 2. The zero-order valence-electron chi connectivity index (χ0n) is 54.5.